The second kappa shape index (κ2) is 6.32. The largest absolute Gasteiger partial charge is 0.304 e. The highest BCUT2D eigenvalue weighted by atomic mass is 16.6. The first-order valence-electron chi connectivity index (χ1n) is 5.02. The van der Waals surface area contributed by atoms with E-state index in [2.05, 4.69) is 22.3 Å². The normalized spacial score (nSPS) is 20.8. The van der Waals surface area contributed by atoms with Gasteiger partial charge in [-0.15, -0.1) is 0 Å². The Bertz CT molecular complexity index is 124. The molecular formula is C9H21N3O. The molecule has 1 aliphatic rings. The summed E-state index contributed by atoms with van der Waals surface area (Å²) in [5, 5.41) is 0. The zero-order valence-corrected chi connectivity index (χ0v) is 8.75. The average molecular weight is 187 g/mol. The molecule has 0 aliphatic carbocycles. The van der Waals surface area contributed by atoms with E-state index < -0.39 is 0 Å². The van der Waals surface area contributed by atoms with Crippen molar-refractivity contribution in [3.05, 3.63) is 0 Å². The smallest absolute Gasteiger partial charge is 0.0694 e. The van der Waals surface area contributed by atoms with Gasteiger partial charge in [0.05, 0.1) is 6.61 Å². The highest BCUT2D eigenvalue weighted by Gasteiger charge is 2.12. The Morgan fingerprint density at radius 1 is 1.23 bits per heavy atom. The number of nitrogens with one attached hydrogen (secondary N) is 1. The molecule has 0 unspecified atom stereocenters. The van der Waals surface area contributed by atoms with E-state index in [0.29, 0.717) is 0 Å². The maximum Gasteiger partial charge on any atom is 0.0694 e. The highest BCUT2D eigenvalue weighted by Crippen LogP contribution is 1.99. The lowest BCUT2D eigenvalue weighted by Crippen LogP contribution is -2.44. The molecule has 0 aromatic heterocycles. The summed E-state index contributed by atoms with van der Waals surface area (Å²) in [4.78, 5) is 9.93. The molecule has 0 radical (unpaired) electrons. The fourth-order valence-electron chi connectivity index (χ4n) is 1.53. The van der Waals surface area contributed by atoms with Crippen molar-refractivity contribution in [3.63, 3.8) is 0 Å². The Morgan fingerprint density at radius 3 is 2.54 bits per heavy atom. The number of hydroxylamine groups is 1. The average Bonchev–Trinajstić information content (AvgIpc) is 2.15. The first-order chi connectivity index (χ1) is 6.33. The van der Waals surface area contributed by atoms with Crippen LogP contribution >= 0.6 is 0 Å². The first-order valence-corrected chi connectivity index (χ1v) is 5.02. The van der Waals surface area contributed by atoms with Gasteiger partial charge in [-0.05, 0) is 13.5 Å². The maximum atomic E-state index is 5.06. The summed E-state index contributed by atoms with van der Waals surface area (Å²) in [7, 11) is 3.98. The lowest BCUT2D eigenvalue weighted by atomic mass is 10.3. The summed E-state index contributed by atoms with van der Waals surface area (Å²) in [6.07, 6.45) is 1.12. The van der Waals surface area contributed by atoms with Crippen LogP contribution in [-0.4, -0.2) is 63.2 Å². The Labute approximate surface area is 80.8 Å². The second-order valence-electron chi connectivity index (χ2n) is 3.55. The van der Waals surface area contributed by atoms with Gasteiger partial charge in [0, 0.05) is 39.8 Å². The van der Waals surface area contributed by atoms with Crippen LogP contribution in [-0.2, 0) is 4.84 Å². The summed E-state index contributed by atoms with van der Waals surface area (Å²) in [6.45, 7) is 6.78. The van der Waals surface area contributed by atoms with Crippen LogP contribution < -0.4 is 5.48 Å². The predicted octanol–water partition coefficient (Wildman–Crippen LogP) is -0.225. The van der Waals surface area contributed by atoms with Gasteiger partial charge in [-0.1, -0.05) is 0 Å². The lowest BCUT2D eigenvalue weighted by molar-refractivity contribution is 0.0473. The summed E-state index contributed by atoms with van der Waals surface area (Å²) < 4.78 is 0. The third-order valence-corrected chi connectivity index (χ3v) is 2.46. The standard InChI is InChI=1S/C9H21N3O/c1-10-13-9-3-4-12-7-5-11(2)6-8-12/h10H,3-9H2,1-2H3. The molecule has 1 aliphatic heterocycles. The van der Waals surface area contributed by atoms with Gasteiger partial charge in [-0.2, -0.15) is 0 Å². The van der Waals surface area contributed by atoms with Crippen LogP contribution in [0, 0.1) is 0 Å². The molecule has 1 rings (SSSR count). The molecule has 1 fully saturated rings. The van der Waals surface area contributed by atoms with E-state index in [9.17, 15) is 0 Å². The molecule has 0 saturated carbocycles. The van der Waals surface area contributed by atoms with Crippen molar-refractivity contribution in [2.75, 3.05) is 53.4 Å². The number of likely N-dealkylation sites (N-methyl/N-ethyl adjacent to an activating group) is 1. The minimum atomic E-state index is 0.808. The van der Waals surface area contributed by atoms with Crippen LogP contribution in [0.1, 0.15) is 6.42 Å². The second-order valence-corrected chi connectivity index (χ2v) is 3.55. The van der Waals surface area contributed by atoms with Crippen molar-refractivity contribution >= 4 is 0 Å². The maximum absolute atomic E-state index is 5.06. The summed E-state index contributed by atoms with van der Waals surface area (Å²) in [5.41, 5.74) is 2.69. The lowest BCUT2D eigenvalue weighted by Gasteiger charge is -2.32. The molecule has 0 atom stereocenters. The minimum Gasteiger partial charge on any atom is -0.304 e. The highest BCUT2D eigenvalue weighted by molar-refractivity contribution is 4.68. The minimum absolute atomic E-state index is 0.808. The van der Waals surface area contributed by atoms with Gasteiger partial charge >= 0.3 is 0 Å². The molecule has 4 nitrogen and oxygen atoms in total. The molecule has 4 heteroatoms. The quantitative estimate of drug-likeness (QED) is 0.475. The van der Waals surface area contributed by atoms with Crippen molar-refractivity contribution in [3.8, 4) is 0 Å². The van der Waals surface area contributed by atoms with E-state index in [0.717, 1.165) is 19.6 Å². The number of hydrogen-bond donors (Lipinski definition) is 1. The summed E-state index contributed by atoms with van der Waals surface area (Å²) in [5.74, 6) is 0. The number of piperazine rings is 1. The van der Waals surface area contributed by atoms with Crippen LogP contribution in [0.25, 0.3) is 0 Å². The third-order valence-electron chi connectivity index (χ3n) is 2.46. The van der Waals surface area contributed by atoms with Crippen molar-refractivity contribution in [2.24, 2.45) is 0 Å². The summed E-state index contributed by atoms with van der Waals surface area (Å²) >= 11 is 0. The molecule has 0 bridgehead atoms. The number of hydrogen-bond acceptors (Lipinski definition) is 4. The molecule has 1 N–H and O–H groups in total. The molecule has 1 saturated heterocycles. The van der Waals surface area contributed by atoms with Crippen LogP contribution in [0.3, 0.4) is 0 Å². The molecule has 78 valence electrons. The van der Waals surface area contributed by atoms with Crippen molar-refractivity contribution in [1.82, 2.24) is 15.3 Å². The molecule has 1 heterocycles. The van der Waals surface area contributed by atoms with Gasteiger partial charge in [0.2, 0.25) is 0 Å². The fourth-order valence-corrected chi connectivity index (χ4v) is 1.53. The number of nitrogens with zero attached hydrogens (tertiary/aromatic N) is 2. The molecule has 0 aromatic carbocycles. The predicted molar refractivity (Wildman–Crippen MR) is 53.6 cm³/mol. The van der Waals surface area contributed by atoms with Crippen molar-refractivity contribution in [2.45, 2.75) is 6.42 Å². The van der Waals surface area contributed by atoms with E-state index in [1.165, 1.54) is 26.2 Å². The Kier molecular flexibility index (Phi) is 5.31. The van der Waals surface area contributed by atoms with Gasteiger partial charge in [0.1, 0.15) is 0 Å². The zero-order valence-electron chi connectivity index (χ0n) is 8.75. The zero-order chi connectivity index (χ0) is 9.52. The van der Waals surface area contributed by atoms with E-state index in [1.807, 2.05) is 0 Å². The topological polar surface area (TPSA) is 27.7 Å². The molecule has 13 heavy (non-hydrogen) atoms. The van der Waals surface area contributed by atoms with E-state index in [1.54, 1.807) is 7.05 Å². The Balaban J connectivity index is 1.96. The van der Waals surface area contributed by atoms with Gasteiger partial charge < -0.3 is 14.6 Å². The van der Waals surface area contributed by atoms with Gasteiger partial charge in [-0.3, -0.25) is 0 Å². The molecule has 0 aromatic rings. The number of rotatable bonds is 5. The molecule has 0 spiro atoms. The molecule has 0 amide bonds. The van der Waals surface area contributed by atoms with Gasteiger partial charge in [0.15, 0.2) is 0 Å². The van der Waals surface area contributed by atoms with Crippen LogP contribution in [0.2, 0.25) is 0 Å². The monoisotopic (exact) mass is 187 g/mol. The van der Waals surface area contributed by atoms with E-state index in [4.69, 9.17) is 4.84 Å². The molecular weight excluding hydrogens is 166 g/mol. The SMILES string of the molecule is CNOCCCN1CCN(C)CC1. The van der Waals surface area contributed by atoms with Gasteiger partial charge in [-0.25, -0.2) is 5.48 Å². The van der Waals surface area contributed by atoms with Crippen LogP contribution in [0.5, 0.6) is 0 Å². The Hall–Kier alpha value is -0.160. The third kappa shape index (κ3) is 4.57. The fraction of sp³-hybridized carbons (Fsp3) is 1.00. The van der Waals surface area contributed by atoms with E-state index >= 15 is 0 Å². The van der Waals surface area contributed by atoms with Crippen LogP contribution in [0.4, 0.5) is 0 Å². The van der Waals surface area contributed by atoms with Crippen molar-refractivity contribution in [1.29, 1.82) is 0 Å². The van der Waals surface area contributed by atoms with Crippen molar-refractivity contribution < 1.29 is 4.84 Å². The summed E-state index contributed by atoms with van der Waals surface area (Å²) in [6, 6.07) is 0. The van der Waals surface area contributed by atoms with E-state index in [-0.39, 0.29) is 0 Å². The van der Waals surface area contributed by atoms with Gasteiger partial charge in [0.25, 0.3) is 0 Å². The Morgan fingerprint density at radius 2 is 1.92 bits per heavy atom. The van der Waals surface area contributed by atoms with Crippen LogP contribution in [0.15, 0.2) is 0 Å². The first kappa shape index (κ1) is 10.9.